The number of hydrogen-bond donors (Lipinski definition) is 2. The van der Waals surface area contributed by atoms with Gasteiger partial charge in [0.2, 0.25) is 5.39 Å². The normalized spacial score (nSPS) is 10.8. The van der Waals surface area contributed by atoms with Crippen molar-refractivity contribution in [2.24, 2.45) is 0 Å². The molecule has 0 radical (unpaired) electrons. The summed E-state index contributed by atoms with van der Waals surface area (Å²) in [6, 6.07) is 2.96. The van der Waals surface area contributed by atoms with Gasteiger partial charge in [0.15, 0.2) is 4.98 Å². The second kappa shape index (κ2) is 3.01. The Kier molecular flexibility index (Phi) is 2.18. The quantitative estimate of drug-likeness (QED) is 0.523. The Hall–Kier alpha value is -1.65. The van der Waals surface area contributed by atoms with E-state index in [0.717, 1.165) is 18.2 Å². The van der Waals surface area contributed by atoms with Gasteiger partial charge in [-0.2, -0.15) is 8.42 Å². The first-order valence-electron chi connectivity index (χ1n) is 3.11. The highest BCUT2D eigenvalue weighted by molar-refractivity contribution is 7.86. The lowest BCUT2D eigenvalue weighted by Crippen LogP contribution is -1.97. The van der Waals surface area contributed by atoms with E-state index in [2.05, 4.69) is 4.98 Å². The zero-order valence-electron chi connectivity index (χ0n) is 6.25. The van der Waals surface area contributed by atoms with E-state index in [9.17, 15) is 8.42 Å². The van der Waals surface area contributed by atoms with E-state index in [1.54, 1.807) is 0 Å². The molecule has 6 nitrogen and oxygen atoms in total. The maximum Gasteiger partial charge on any atom is 0.388 e. The van der Waals surface area contributed by atoms with Crippen LogP contribution >= 0.6 is 0 Å². The molecule has 0 bridgehead atoms. The number of phenols is 1. The van der Waals surface area contributed by atoms with Crippen LogP contribution in [0.1, 0.15) is 0 Å². The van der Waals surface area contributed by atoms with Crippen LogP contribution in [-0.4, -0.2) is 18.1 Å². The molecule has 0 aliphatic heterocycles. The molecule has 1 aromatic carbocycles. The van der Waals surface area contributed by atoms with Gasteiger partial charge < -0.3 is 5.11 Å². The van der Waals surface area contributed by atoms with Crippen LogP contribution in [0.2, 0.25) is 0 Å². The Bertz CT molecular complexity index is 474. The second-order valence-corrected chi connectivity index (χ2v) is 3.62. The van der Waals surface area contributed by atoms with Crippen LogP contribution < -0.4 is 0 Å². The Morgan fingerprint density at radius 2 is 2.00 bits per heavy atom. The molecule has 0 fully saturated rings. The number of hydrogen-bond acceptors (Lipinski definition) is 4. The molecule has 0 aromatic heterocycles. The van der Waals surface area contributed by atoms with Gasteiger partial charge in [-0.25, -0.2) is 0 Å². The Labute approximate surface area is 73.8 Å². The van der Waals surface area contributed by atoms with Gasteiger partial charge in [0, 0.05) is 6.07 Å². The van der Waals surface area contributed by atoms with Crippen LogP contribution in [0.5, 0.6) is 5.75 Å². The van der Waals surface area contributed by atoms with Crippen molar-refractivity contribution in [2.45, 2.75) is 4.90 Å². The van der Waals surface area contributed by atoms with E-state index in [-0.39, 0.29) is 5.69 Å². The van der Waals surface area contributed by atoms with Crippen molar-refractivity contribution in [3.05, 3.63) is 23.2 Å². The minimum atomic E-state index is -4.43. The van der Waals surface area contributed by atoms with Gasteiger partial charge in [0.25, 0.3) is 10.1 Å². The van der Waals surface area contributed by atoms with Gasteiger partial charge in [-0.05, 0) is 6.07 Å². The zero-order valence-corrected chi connectivity index (χ0v) is 7.06. The van der Waals surface area contributed by atoms with Crippen LogP contribution in [0, 0.1) is 5.39 Å². The average molecular weight is 201 g/mol. The lowest BCUT2D eigenvalue weighted by molar-refractivity contribution is 0.443. The van der Waals surface area contributed by atoms with E-state index < -0.39 is 20.8 Å². The van der Waals surface area contributed by atoms with Crippen molar-refractivity contribution >= 4 is 15.8 Å². The van der Waals surface area contributed by atoms with Crippen molar-refractivity contribution in [3.8, 4) is 5.75 Å². The number of phenolic OH excluding ortho intramolecular Hbond substituents is 1. The van der Waals surface area contributed by atoms with Crippen LogP contribution in [0.15, 0.2) is 23.1 Å². The fourth-order valence-electron chi connectivity index (χ4n) is 0.786. The van der Waals surface area contributed by atoms with E-state index in [1.807, 2.05) is 0 Å². The second-order valence-electron chi connectivity index (χ2n) is 2.23. The maximum absolute atomic E-state index is 10.6. The molecular weight excluding hydrogens is 196 g/mol. The summed E-state index contributed by atoms with van der Waals surface area (Å²) in [6.45, 7) is 0. The lowest BCUT2D eigenvalue weighted by atomic mass is 10.3. The highest BCUT2D eigenvalue weighted by atomic mass is 32.2. The van der Waals surface area contributed by atoms with Crippen molar-refractivity contribution in [1.29, 1.82) is 5.39 Å². The highest BCUT2D eigenvalue weighted by Crippen LogP contribution is 2.27. The molecule has 0 unspecified atom stereocenters. The molecule has 0 atom stereocenters. The molecule has 1 aromatic rings. The first-order valence-corrected chi connectivity index (χ1v) is 4.55. The van der Waals surface area contributed by atoms with Gasteiger partial charge in [0.1, 0.15) is 10.6 Å². The van der Waals surface area contributed by atoms with Gasteiger partial charge in [0.05, 0.1) is 6.07 Å². The fourth-order valence-corrected chi connectivity index (χ4v) is 1.35. The monoisotopic (exact) mass is 201 g/mol. The third kappa shape index (κ3) is 1.93. The third-order valence-electron chi connectivity index (χ3n) is 1.34. The number of diazo groups is 1. The first-order chi connectivity index (χ1) is 5.95. The van der Waals surface area contributed by atoms with Crippen LogP contribution in [0.3, 0.4) is 0 Å². The van der Waals surface area contributed by atoms with Crippen molar-refractivity contribution < 1.29 is 18.1 Å². The van der Waals surface area contributed by atoms with Gasteiger partial charge in [-0.15, -0.1) is 0 Å². The van der Waals surface area contributed by atoms with Crippen LogP contribution in [0.25, 0.3) is 4.98 Å². The highest BCUT2D eigenvalue weighted by Gasteiger charge is 2.18. The predicted molar refractivity (Wildman–Crippen MR) is 42.7 cm³/mol. The van der Waals surface area contributed by atoms with E-state index in [4.69, 9.17) is 15.1 Å². The fraction of sp³-hybridized carbons (Fsp3) is 0. The summed E-state index contributed by atoms with van der Waals surface area (Å²) in [4.78, 5) is 2.09. The largest absolute Gasteiger partial charge is 0.506 e. The molecule has 7 heteroatoms. The van der Waals surface area contributed by atoms with E-state index >= 15 is 0 Å². The standard InChI is InChI=1S/C6H4N2O4S/c7-8-4-1-2-6(5(9)3-4)13(10,11)12/h1-3H,(H-,9,10,11,12)/p+1. The maximum atomic E-state index is 10.6. The molecule has 0 aliphatic rings. The van der Waals surface area contributed by atoms with Crippen molar-refractivity contribution in [1.82, 2.24) is 0 Å². The first kappa shape index (κ1) is 9.44. The number of aromatic hydroxyl groups is 1. The summed E-state index contributed by atoms with van der Waals surface area (Å²) in [5.41, 5.74) is -0.00935. The molecule has 2 N–H and O–H groups in total. The summed E-state index contributed by atoms with van der Waals surface area (Å²) in [7, 11) is -4.43. The third-order valence-corrected chi connectivity index (χ3v) is 2.24. The van der Waals surface area contributed by atoms with Crippen LogP contribution in [-0.2, 0) is 10.1 Å². The molecule has 0 amide bonds. The molecule has 1 rings (SSSR count). The van der Waals surface area contributed by atoms with Crippen molar-refractivity contribution in [3.63, 3.8) is 0 Å². The summed E-state index contributed by atoms with van der Waals surface area (Å²) < 4.78 is 29.7. The summed E-state index contributed by atoms with van der Waals surface area (Å²) in [6.07, 6.45) is 0. The molecule has 0 aliphatic carbocycles. The molecular formula is C6H5N2O4S+. The van der Waals surface area contributed by atoms with Gasteiger partial charge in [-0.1, -0.05) is 0 Å². The molecule has 68 valence electrons. The topological polar surface area (TPSA) is 103 Å². The average Bonchev–Trinajstić information content (AvgIpc) is 2.01. The molecule has 0 saturated heterocycles. The Morgan fingerprint density at radius 1 is 1.38 bits per heavy atom. The molecule has 0 spiro atoms. The van der Waals surface area contributed by atoms with Gasteiger partial charge in [-0.3, -0.25) is 4.55 Å². The summed E-state index contributed by atoms with van der Waals surface area (Å²) in [5, 5.41) is 17.3. The Morgan fingerprint density at radius 3 is 2.38 bits per heavy atom. The Balaban J connectivity index is 3.40. The SMILES string of the molecule is N#[N+]c1ccc(S(=O)(=O)O)c(O)c1. The lowest BCUT2D eigenvalue weighted by Gasteiger charge is -1.96. The predicted octanol–water partition coefficient (Wildman–Crippen LogP) is 1.12. The van der Waals surface area contributed by atoms with Crippen molar-refractivity contribution in [2.75, 3.05) is 0 Å². The molecule has 0 heterocycles. The zero-order chi connectivity index (χ0) is 10.1. The van der Waals surface area contributed by atoms with Gasteiger partial charge >= 0.3 is 5.69 Å². The number of rotatable bonds is 1. The minimum absolute atomic E-state index is 0.00935. The molecule has 13 heavy (non-hydrogen) atoms. The van der Waals surface area contributed by atoms with Crippen LogP contribution in [0.4, 0.5) is 5.69 Å². The minimum Gasteiger partial charge on any atom is -0.506 e. The smallest absolute Gasteiger partial charge is 0.388 e. The molecule has 0 saturated carbocycles. The number of nitrogens with zero attached hydrogens (tertiary/aromatic N) is 2. The summed E-state index contributed by atoms with van der Waals surface area (Å²) in [5.74, 6) is -0.669. The van der Waals surface area contributed by atoms with E-state index in [0.29, 0.717) is 0 Å². The summed E-state index contributed by atoms with van der Waals surface area (Å²) >= 11 is 0. The number of benzene rings is 1. The van der Waals surface area contributed by atoms with E-state index in [1.165, 1.54) is 0 Å².